The van der Waals surface area contributed by atoms with Crippen molar-refractivity contribution in [1.82, 2.24) is 4.90 Å². The molecule has 1 saturated heterocycles. The molecular weight excluding hydrogens is 310 g/mol. The molecule has 1 N–H and O–H groups in total. The molecule has 1 atom stereocenters. The topological polar surface area (TPSA) is 76.1 Å². The van der Waals surface area contributed by atoms with Gasteiger partial charge in [0.2, 0.25) is 5.91 Å². The van der Waals surface area contributed by atoms with Crippen molar-refractivity contribution < 1.29 is 24.2 Å². The SMILES string of the molecule is COCC1(C(=O)O)CCCN(C(=O)CCc2ccccc2OC)C1. The van der Waals surface area contributed by atoms with Gasteiger partial charge in [-0.15, -0.1) is 0 Å². The highest BCUT2D eigenvalue weighted by Crippen LogP contribution is 2.31. The summed E-state index contributed by atoms with van der Waals surface area (Å²) in [6.45, 7) is 0.934. The van der Waals surface area contributed by atoms with Crippen molar-refractivity contribution in [3.8, 4) is 5.75 Å². The Morgan fingerprint density at radius 2 is 2.04 bits per heavy atom. The van der Waals surface area contributed by atoms with Crippen molar-refractivity contribution in [2.24, 2.45) is 5.41 Å². The number of carboxylic acid groups (broad SMARTS) is 1. The summed E-state index contributed by atoms with van der Waals surface area (Å²) in [5, 5.41) is 9.56. The van der Waals surface area contributed by atoms with E-state index in [2.05, 4.69) is 0 Å². The summed E-state index contributed by atoms with van der Waals surface area (Å²) in [6.07, 6.45) is 2.12. The van der Waals surface area contributed by atoms with Crippen LogP contribution < -0.4 is 4.74 Å². The molecule has 0 bridgehead atoms. The fraction of sp³-hybridized carbons (Fsp3) is 0.556. The van der Waals surface area contributed by atoms with E-state index in [1.165, 1.54) is 7.11 Å². The van der Waals surface area contributed by atoms with Crippen LogP contribution in [0.25, 0.3) is 0 Å². The van der Waals surface area contributed by atoms with Crippen LogP contribution >= 0.6 is 0 Å². The number of rotatable bonds is 7. The molecule has 0 saturated carbocycles. The number of piperidine rings is 1. The van der Waals surface area contributed by atoms with E-state index in [0.29, 0.717) is 32.2 Å². The highest BCUT2D eigenvalue weighted by Gasteiger charge is 2.43. The van der Waals surface area contributed by atoms with Crippen LogP contribution in [0.15, 0.2) is 24.3 Å². The van der Waals surface area contributed by atoms with Crippen LogP contribution in [0.1, 0.15) is 24.8 Å². The van der Waals surface area contributed by atoms with Gasteiger partial charge in [0.15, 0.2) is 0 Å². The Labute approximate surface area is 142 Å². The lowest BCUT2D eigenvalue weighted by molar-refractivity contribution is -0.159. The second-order valence-corrected chi connectivity index (χ2v) is 6.25. The maximum Gasteiger partial charge on any atom is 0.313 e. The summed E-state index contributed by atoms with van der Waals surface area (Å²) in [4.78, 5) is 25.9. The van der Waals surface area contributed by atoms with Crippen LogP contribution in [-0.2, 0) is 20.7 Å². The number of para-hydroxylation sites is 1. The first-order valence-electron chi connectivity index (χ1n) is 8.14. The van der Waals surface area contributed by atoms with Crippen LogP contribution in [0.5, 0.6) is 5.75 Å². The van der Waals surface area contributed by atoms with E-state index in [0.717, 1.165) is 11.3 Å². The number of nitrogens with zero attached hydrogens (tertiary/aromatic N) is 1. The molecule has 0 aliphatic carbocycles. The van der Waals surface area contributed by atoms with E-state index < -0.39 is 11.4 Å². The summed E-state index contributed by atoms with van der Waals surface area (Å²) in [5.41, 5.74) is -0.0145. The number of aliphatic carboxylic acids is 1. The molecule has 1 aromatic carbocycles. The normalized spacial score (nSPS) is 20.7. The molecule has 24 heavy (non-hydrogen) atoms. The lowest BCUT2D eigenvalue weighted by Gasteiger charge is -2.39. The summed E-state index contributed by atoms with van der Waals surface area (Å²) in [6, 6.07) is 7.61. The van der Waals surface area contributed by atoms with Gasteiger partial charge in [0, 0.05) is 26.6 Å². The maximum atomic E-state index is 12.5. The Hall–Kier alpha value is -2.08. The first-order valence-corrected chi connectivity index (χ1v) is 8.14. The second-order valence-electron chi connectivity index (χ2n) is 6.25. The minimum Gasteiger partial charge on any atom is -0.496 e. The Kier molecular flexibility index (Phi) is 6.20. The number of likely N-dealkylation sites (tertiary alicyclic amines) is 1. The fourth-order valence-corrected chi connectivity index (χ4v) is 3.28. The minimum atomic E-state index is -0.993. The summed E-state index contributed by atoms with van der Waals surface area (Å²) >= 11 is 0. The number of benzene rings is 1. The molecule has 0 spiro atoms. The number of carboxylic acids is 1. The number of carbonyl (C=O) groups excluding carboxylic acids is 1. The van der Waals surface area contributed by atoms with Crippen LogP contribution in [0.3, 0.4) is 0 Å². The molecule has 1 heterocycles. The van der Waals surface area contributed by atoms with Gasteiger partial charge in [0.1, 0.15) is 11.2 Å². The predicted octanol–water partition coefficient (Wildman–Crippen LogP) is 1.97. The number of ether oxygens (including phenoxy) is 2. The van der Waals surface area contributed by atoms with Gasteiger partial charge in [-0.3, -0.25) is 9.59 Å². The van der Waals surface area contributed by atoms with Gasteiger partial charge in [-0.1, -0.05) is 18.2 Å². The number of carbonyl (C=O) groups is 2. The molecule has 1 amide bonds. The van der Waals surface area contributed by atoms with Crippen LogP contribution in [-0.4, -0.2) is 55.8 Å². The number of aryl methyl sites for hydroxylation is 1. The van der Waals surface area contributed by atoms with Crippen molar-refractivity contribution in [3.05, 3.63) is 29.8 Å². The molecule has 2 rings (SSSR count). The van der Waals surface area contributed by atoms with E-state index in [1.807, 2.05) is 24.3 Å². The first kappa shape index (κ1) is 18.3. The van der Waals surface area contributed by atoms with Crippen molar-refractivity contribution in [2.75, 3.05) is 33.9 Å². The van der Waals surface area contributed by atoms with Gasteiger partial charge in [-0.2, -0.15) is 0 Å². The molecular formula is C18H25NO5. The zero-order chi connectivity index (χ0) is 17.6. The van der Waals surface area contributed by atoms with Crippen LogP contribution in [0.2, 0.25) is 0 Å². The van der Waals surface area contributed by atoms with Gasteiger partial charge >= 0.3 is 5.97 Å². The largest absolute Gasteiger partial charge is 0.496 e. The van der Waals surface area contributed by atoms with E-state index in [-0.39, 0.29) is 19.1 Å². The fourth-order valence-electron chi connectivity index (χ4n) is 3.28. The third-order valence-corrected chi connectivity index (χ3v) is 4.60. The second kappa shape index (κ2) is 8.15. The maximum absolute atomic E-state index is 12.5. The molecule has 6 heteroatoms. The van der Waals surface area contributed by atoms with E-state index in [4.69, 9.17) is 9.47 Å². The molecule has 1 fully saturated rings. The third-order valence-electron chi connectivity index (χ3n) is 4.60. The lowest BCUT2D eigenvalue weighted by Crippen LogP contribution is -2.52. The molecule has 0 radical (unpaired) electrons. The van der Waals surface area contributed by atoms with Crippen molar-refractivity contribution in [2.45, 2.75) is 25.7 Å². The molecule has 1 aromatic rings. The molecule has 0 aromatic heterocycles. The molecule has 1 aliphatic heterocycles. The van der Waals surface area contributed by atoms with Gasteiger partial charge in [0.05, 0.1) is 13.7 Å². The first-order chi connectivity index (χ1) is 11.5. The van der Waals surface area contributed by atoms with Gasteiger partial charge in [-0.25, -0.2) is 0 Å². The van der Waals surface area contributed by atoms with Gasteiger partial charge in [-0.05, 0) is 30.9 Å². The number of hydrogen-bond donors (Lipinski definition) is 1. The Morgan fingerprint density at radius 1 is 1.29 bits per heavy atom. The van der Waals surface area contributed by atoms with Crippen LogP contribution in [0.4, 0.5) is 0 Å². The highest BCUT2D eigenvalue weighted by atomic mass is 16.5. The third kappa shape index (κ3) is 4.06. The molecule has 1 aliphatic rings. The summed E-state index contributed by atoms with van der Waals surface area (Å²) in [7, 11) is 3.10. The molecule has 132 valence electrons. The predicted molar refractivity (Wildman–Crippen MR) is 89.1 cm³/mol. The smallest absolute Gasteiger partial charge is 0.313 e. The zero-order valence-corrected chi connectivity index (χ0v) is 14.3. The highest BCUT2D eigenvalue weighted by molar-refractivity contribution is 5.80. The van der Waals surface area contributed by atoms with Crippen molar-refractivity contribution in [1.29, 1.82) is 0 Å². The molecule has 1 unspecified atom stereocenters. The Balaban J connectivity index is 2.00. The van der Waals surface area contributed by atoms with Gasteiger partial charge < -0.3 is 19.5 Å². The van der Waals surface area contributed by atoms with E-state index in [1.54, 1.807) is 12.0 Å². The quantitative estimate of drug-likeness (QED) is 0.824. The zero-order valence-electron chi connectivity index (χ0n) is 14.3. The standard InChI is InChI=1S/C18H25NO5/c1-23-13-18(17(21)22)10-5-11-19(12-18)16(20)9-8-14-6-3-4-7-15(14)24-2/h3-4,6-7H,5,8-13H2,1-2H3,(H,21,22). The summed E-state index contributed by atoms with van der Waals surface area (Å²) < 4.78 is 10.4. The monoisotopic (exact) mass is 335 g/mol. The van der Waals surface area contributed by atoms with E-state index >= 15 is 0 Å². The number of methoxy groups -OCH3 is 2. The van der Waals surface area contributed by atoms with Crippen molar-refractivity contribution in [3.63, 3.8) is 0 Å². The lowest BCUT2D eigenvalue weighted by atomic mass is 9.80. The van der Waals surface area contributed by atoms with Gasteiger partial charge in [0.25, 0.3) is 0 Å². The average Bonchev–Trinajstić information content (AvgIpc) is 2.60. The Bertz CT molecular complexity index is 585. The van der Waals surface area contributed by atoms with E-state index in [9.17, 15) is 14.7 Å². The van der Waals surface area contributed by atoms with Crippen molar-refractivity contribution >= 4 is 11.9 Å². The number of amides is 1. The molecule has 6 nitrogen and oxygen atoms in total. The average molecular weight is 335 g/mol. The number of hydrogen-bond acceptors (Lipinski definition) is 4. The summed E-state index contributed by atoms with van der Waals surface area (Å²) in [5.74, 6) is -0.155. The minimum absolute atomic E-state index is 0.0256. The Morgan fingerprint density at radius 3 is 2.71 bits per heavy atom. The van der Waals surface area contributed by atoms with Crippen LogP contribution in [0, 0.1) is 5.41 Å².